The van der Waals surface area contributed by atoms with Gasteiger partial charge >= 0.3 is 5.97 Å². The van der Waals surface area contributed by atoms with Gasteiger partial charge in [0, 0.05) is 6.54 Å². The Kier molecular flexibility index (Phi) is 3.14. The van der Waals surface area contributed by atoms with Crippen molar-refractivity contribution in [2.24, 2.45) is 5.73 Å². The smallest absolute Gasteiger partial charge is 0.321 e. The Balaban J connectivity index is 3.32. The van der Waals surface area contributed by atoms with Gasteiger partial charge in [0.1, 0.15) is 6.04 Å². The summed E-state index contributed by atoms with van der Waals surface area (Å²) in [4.78, 5) is 9.92. The van der Waals surface area contributed by atoms with E-state index in [-0.39, 0.29) is 0 Å². The van der Waals surface area contributed by atoms with Gasteiger partial charge in [-0.2, -0.15) is 0 Å². The number of hydrogen-bond donors (Lipinski definition) is 3. The zero-order chi connectivity index (χ0) is 6.57. The second-order valence-electron chi connectivity index (χ2n) is 1.50. The summed E-state index contributed by atoms with van der Waals surface area (Å²) in [5.74, 6) is -0.973. The van der Waals surface area contributed by atoms with E-state index in [9.17, 15) is 4.79 Å². The minimum Gasteiger partial charge on any atom is -0.480 e. The molecule has 4 heteroatoms. The van der Waals surface area contributed by atoms with E-state index in [1.165, 1.54) is 0 Å². The fourth-order valence-corrected chi connectivity index (χ4v) is 0.307. The predicted octanol–water partition coefficient (Wildman–Crippen LogP) is -1.38. The Labute approximate surface area is 47.7 Å². The lowest BCUT2D eigenvalue weighted by molar-refractivity contribution is -0.138. The average molecular weight is 118 g/mol. The van der Waals surface area contributed by atoms with Crippen LogP contribution >= 0.6 is 0 Å². The SMILES string of the molecule is CNC[C@H](N)C(=O)O. The standard InChI is InChI=1S/C4H10N2O2/c1-6-2-3(5)4(7)8/h3,6H,2,5H2,1H3,(H,7,8)/t3-/m0/s1. The molecule has 0 rings (SSSR count). The first-order valence-electron chi connectivity index (χ1n) is 2.31. The zero-order valence-electron chi connectivity index (χ0n) is 4.72. The van der Waals surface area contributed by atoms with Crippen LogP contribution in [-0.2, 0) is 4.79 Å². The third-order valence-corrected chi connectivity index (χ3v) is 0.741. The maximum absolute atomic E-state index is 9.92. The van der Waals surface area contributed by atoms with Crippen LogP contribution in [0.3, 0.4) is 0 Å². The summed E-state index contributed by atoms with van der Waals surface area (Å²) in [5.41, 5.74) is 5.06. The number of carbonyl (C=O) groups is 1. The Morgan fingerprint density at radius 1 is 2.00 bits per heavy atom. The molecule has 4 nitrogen and oxygen atoms in total. The number of nitrogens with two attached hydrogens (primary N) is 1. The summed E-state index contributed by atoms with van der Waals surface area (Å²) in [7, 11) is 1.66. The van der Waals surface area contributed by atoms with Gasteiger partial charge in [-0.1, -0.05) is 0 Å². The number of aliphatic carboxylic acids is 1. The molecule has 0 aliphatic carbocycles. The molecule has 0 saturated heterocycles. The van der Waals surface area contributed by atoms with Gasteiger partial charge in [0.05, 0.1) is 0 Å². The number of carboxylic acid groups (broad SMARTS) is 1. The molecule has 0 saturated carbocycles. The fourth-order valence-electron chi connectivity index (χ4n) is 0.307. The lowest BCUT2D eigenvalue weighted by Gasteiger charge is -2.02. The second-order valence-corrected chi connectivity index (χ2v) is 1.50. The van der Waals surface area contributed by atoms with E-state index in [4.69, 9.17) is 10.8 Å². The van der Waals surface area contributed by atoms with Crippen LogP contribution in [0, 0.1) is 0 Å². The van der Waals surface area contributed by atoms with E-state index < -0.39 is 12.0 Å². The Morgan fingerprint density at radius 2 is 2.50 bits per heavy atom. The molecule has 0 heterocycles. The molecular weight excluding hydrogens is 108 g/mol. The Hall–Kier alpha value is -0.610. The molecule has 0 aliphatic heterocycles. The lowest BCUT2D eigenvalue weighted by atomic mass is 10.3. The summed E-state index contributed by atoms with van der Waals surface area (Å²) in [6.45, 7) is 0.315. The molecule has 0 aromatic carbocycles. The normalized spacial score (nSPS) is 13.2. The highest BCUT2D eigenvalue weighted by atomic mass is 16.4. The van der Waals surface area contributed by atoms with Gasteiger partial charge in [-0.3, -0.25) is 4.79 Å². The van der Waals surface area contributed by atoms with Gasteiger partial charge in [0.15, 0.2) is 0 Å². The third-order valence-electron chi connectivity index (χ3n) is 0.741. The van der Waals surface area contributed by atoms with Gasteiger partial charge in [0.2, 0.25) is 0 Å². The summed E-state index contributed by atoms with van der Waals surface area (Å²) in [6.07, 6.45) is 0. The molecule has 0 aromatic rings. The minimum atomic E-state index is -0.973. The number of hydrogen-bond acceptors (Lipinski definition) is 3. The van der Waals surface area contributed by atoms with Gasteiger partial charge in [0.25, 0.3) is 0 Å². The molecular formula is C4H10N2O2. The monoisotopic (exact) mass is 118 g/mol. The van der Waals surface area contributed by atoms with Crippen molar-refractivity contribution in [2.45, 2.75) is 6.04 Å². The molecule has 48 valence electrons. The van der Waals surface area contributed by atoms with Crippen LogP contribution in [0.15, 0.2) is 0 Å². The van der Waals surface area contributed by atoms with E-state index in [0.717, 1.165) is 0 Å². The topological polar surface area (TPSA) is 75.3 Å². The molecule has 0 unspecified atom stereocenters. The molecule has 0 radical (unpaired) electrons. The number of nitrogens with one attached hydrogen (secondary N) is 1. The van der Waals surface area contributed by atoms with E-state index in [1.54, 1.807) is 7.05 Å². The molecule has 8 heavy (non-hydrogen) atoms. The van der Waals surface area contributed by atoms with Crippen LogP contribution in [-0.4, -0.2) is 30.7 Å². The first-order chi connectivity index (χ1) is 3.68. The molecule has 0 aromatic heterocycles. The van der Waals surface area contributed by atoms with E-state index >= 15 is 0 Å². The highest BCUT2D eigenvalue weighted by Crippen LogP contribution is 1.71. The van der Waals surface area contributed by atoms with Crippen LogP contribution in [0.5, 0.6) is 0 Å². The number of rotatable bonds is 3. The van der Waals surface area contributed by atoms with Crippen molar-refractivity contribution in [1.82, 2.24) is 5.32 Å². The number of likely N-dealkylation sites (N-methyl/N-ethyl adjacent to an activating group) is 1. The van der Waals surface area contributed by atoms with Crippen molar-refractivity contribution in [3.8, 4) is 0 Å². The lowest BCUT2D eigenvalue weighted by Crippen LogP contribution is -2.38. The largest absolute Gasteiger partial charge is 0.480 e. The molecule has 1 atom stereocenters. The van der Waals surface area contributed by atoms with E-state index in [1.807, 2.05) is 0 Å². The van der Waals surface area contributed by atoms with Crippen molar-refractivity contribution >= 4 is 5.97 Å². The maximum Gasteiger partial charge on any atom is 0.321 e. The second kappa shape index (κ2) is 3.40. The van der Waals surface area contributed by atoms with Crippen LogP contribution in [0.1, 0.15) is 0 Å². The molecule has 0 aliphatic rings. The predicted molar refractivity (Wildman–Crippen MR) is 29.5 cm³/mol. The average Bonchev–Trinajstić information content (AvgIpc) is 1.67. The Bertz CT molecular complexity index is 84.1. The fraction of sp³-hybridized carbons (Fsp3) is 0.750. The first-order valence-corrected chi connectivity index (χ1v) is 2.31. The van der Waals surface area contributed by atoms with Gasteiger partial charge < -0.3 is 16.2 Å². The van der Waals surface area contributed by atoms with Crippen LogP contribution in [0.4, 0.5) is 0 Å². The highest BCUT2D eigenvalue weighted by Gasteiger charge is 2.07. The molecule has 0 spiro atoms. The van der Waals surface area contributed by atoms with Crippen LogP contribution in [0.2, 0.25) is 0 Å². The third kappa shape index (κ3) is 2.54. The summed E-state index contributed by atoms with van der Waals surface area (Å²) in [6, 6.07) is -0.778. The molecule has 0 fully saturated rings. The van der Waals surface area contributed by atoms with Gasteiger partial charge in [-0.25, -0.2) is 0 Å². The van der Waals surface area contributed by atoms with Gasteiger partial charge in [-0.05, 0) is 7.05 Å². The van der Waals surface area contributed by atoms with Crippen molar-refractivity contribution in [3.63, 3.8) is 0 Å². The zero-order valence-corrected chi connectivity index (χ0v) is 4.72. The van der Waals surface area contributed by atoms with Crippen molar-refractivity contribution < 1.29 is 9.90 Å². The summed E-state index contributed by atoms with van der Waals surface area (Å²) >= 11 is 0. The van der Waals surface area contributed by atoms with Crippen molar-refractivity contribution in [2.75, 3.05) is 13.6 Å². The van der Waals surface area contributed by atoms with Crippen LogP contribution in [0.25, 0.3) is 0 Å². The summed E-state index contributed by atoms with van der Waals surface area (Å²) < 4.78 is 0. The minimum absolute atomic E-state index is 0.315. The summed E-state index contributed by atoms with van der Waals surface area (Å²) in [5, 5.41) is 10.8. The number of carboxylic acids is 1. The molecule has 0 amide bonds. The Morgan fingerprint density at radius 3 is 2.62 bits per heavy atom. The van der Waals surface area contributed by atoms with E-state index in [2.05, 4.69) is 5.32 Å². The quantitative estimate of drug-likeness (QED) is 0.427. The molecule has 4 N–H and O–H groups in total. The first kappa shape index (κ1) is 7.39. The van der Waals surface area contributed by atoms with Gasteiger partial charge in [-0.15, -0.1) is 0 Å². The highest BCUT2D eigenvalue weighted by molar-refractivity contribution is 5.73. The van der Waals surface area contributed by atoms with Crippen molar-refractivity contribution in [1.29, 1.82) is 0 Å². The molecule has 0 bridgehead atoms. The van der Waals surface area contributed by atoms with E-state index in [0.29, 0.717) is 6.54 Å². The van der Waals surface area contributed by atoms with Crippen LogP contribution < -0.4 is 11.1 Å². The maximum atomic E-state index is 9.92. The van der Waals surface area contributed by atoms with Crippen molar-refractivity contribution in [3.05, 3.63) is 0 Å².